The first kappa shape index (κ1) is 13.9. The molecule has 4 heteroatoms. The number of aliphatic hydroxyl groups excluding tert-OH is 1. The third-order valence-corrected chi connectivity index (χ3v) is 3.89. The van der Waals surface area contributed by atoms with Crippen LogP contribution in [0.5, 0.6) is 0 Å². The quantitative estimate of drug-likeness (QED) is 0.763. The molecule has 1 aliphatic rings. The number of hydrogen-bond donors (Lipinski definition) is 3. The minimum atomic E-state index is -0.191. The Morgan fingerprint density at radius 3 is 2.74 bits per heavy atom. The monoisotopic (exact) mass is 262 g/mol. The van der Waals surface area contributed by atoms with Gasteiger partial charge in [-0.1, -0.05) is 25.1 Å². The van der Waals surface area contributed by atoms with E-state index in [9.17, 15) is 9.90 Å². The van der Waals surface area contributed by atoms with Crippen LogP contribution in [0.2, 0.25) is 0 Å². The molecule has 0 radical (unpaired) electrons. The first-order chi connectivity index (χ1) is 9.10. The van der Waals surface area contributed by atoms with Crippen LogP contribution in [0, 0.1) is 12.3 Å². The fraction of sp³-hybridized carbons (Fsp3) is 0.533. The minimum Gasteiger partial charge on any atom is -0.396 e. The molecular weight excluding hydrogens is 240 g/mol. The molecule has 2 amide bonds. The van der Waals surface area contributed by atoms with Crippen LogP contribution in [0.1, 0.15) is 30.9 Å². The maximum Gasteiger partial charge on any atom is 0.319 e. The molecule has 1 fully saturated rings. The number of aliphatic hydroxyl groups is 1. The van der Waals surface area contributed by atoms with Crippen LogP contribution < -0.4 is 10.6 Å². The number of para-hydroxylation sites is 1. The molecule has 0 aliphatic heterocycles. The third kappa shape index (κ3) is 3.26. The Morgan fingerprint density at radius 1 is 1.42 bits per heavy atom. The van der Waals surface area contributed by atoms with E-state index in [-0.39, 0.29) is 18.1 Å². The summed E-state index contributed by atoms with van der Waals surface area (Å²) in [5.74, 6) is 0. The number of rotatable bonds is 5. The Hall–Kier alpha value is -1.55. The zero-order valence-corrected chi connectivity index (χ0v) is 11.6. The number of aryl methyl sites for hydroxylation is 2. The van der Waals surface area contributed by atoms with Crippen molar-refractivity contribution in [2.45, 2.75) is 33.1 Å². The molecule has 4 nitrogen and oxygen atoms in total. The molecule has 104 valence electrons. The predicted octanol–water partition coefficient (Wildman–Crippen LogP) is 2.45. The second-order valence-electron chi connectivity index (χ2n) is 5.43. The maximum absolute atomic E-state index is 11.9. The van der Waals surface area contributed by atoms with Gasteiger partial charge in [-0.15, -0.1) is 0 Å². The van der Waals surface area contributed by atoms with E-state index >= 15 is 0 Å². The van der Waals surface area contributed by atoms with Crippen molar-refractivity contribution in [1.29, 1.82) is 0 Å². The molecule has 3 N–H and O–H groups in total. The van der Waals surface area contributed by atoms with Gasteiger partial charge in [-0.3, -0.25) is 0 Å². The second kappa shape index (κ2) is 5.61. The van der Waals surface area contributed by atoms with Gasteiger partial charge < -0.3 is 15.7 Å². The van der Waals surface area contributed by atoms with Crippen LogP contribution in [0.4, 0.5) is 10.5 Å². The number of carbonyl (C=O) groups excluding carboxylic acids is 1. The lowest BCUT2D eigenvalue weighted by molar-refractivity contribution is 0.206. The number of anilines is 1. The zero-order valence-electron chi connectivity index (χ0n) is 11.6. The summed E-state index contributed by atoms with van der Waals surface area (Å²) in [6.07, 6.45) is 2.88. The molecule has 1 aromatic rings. The normalized spacial score (nSPS) is 15.9. The van der Waals surface area contributed by atoms with Crippen LogP contribution in [0.15, 0.2) is 18.2 Å². The van der Waals surface area contributed by atoms with Gasteiger partial charge in [-0.25, -0.2) is 4.79 Å². The highest BCUT2D eigenvalue weighted by Gasteiger charge is 2.42. The van der Waals surface area contributed by atoms with E-state index in [1.165, 1.54) is 0 Å². The van der Waals surface area contributed by atoms with E-state index in [4.69, 9.17) is 0 Å². The van der Waals surface area contributed by atoms with Crippen molar-refractivity contribution < 1.29 is 9.90 Å². The summed E-state index contributed by atoms with van der Waals surface area (Å²) in [5.41, 5.74) is 3.05. The van der Waals surface area contributed by atoms with Gasteiger partial charge in [0.15, 0.2) is 0 Å². The predicted molar refractivity (Wildman–Crippen MR) is 76.3 cm³/mol. The summed E-state index contributed by atoms with van der Waals surface area (Å²) in [6, 6.07) is 5.83. The molecular formula is C15H22N2O2. The molecule has 1 aromatic carbocycles. The first-order valence-electron chi connectivity index (χ1n) is 6.84. The standard InChI is InChI=1S/C15H22N2O2/c1-3-12-6-4-5-11(2)13(12)17-14(19)16-9-15(10-18)7-8-15/h4-6,18H,3,7-10H2,1-2H3,(H2,16,17,19). The van der Waals surface area contributed by atoms with Crippen molar-refractivity contribution in [3.8, 4) is 0 Å². The van der Waals surface area contributed by atoms with E-state index in [2.05, 4.69) is 17.6 Å². The van der Waals surface area contributed by atoms with Crippen molar-refractivity contribution >= 4 is 11.7 Å². The number of nitrogens with one attached hydrogen (secondary N) is 2. The average Bonchev–Trinajstić information content (AvgIpc) is 3.19. The van der Waals surface area contributed by atoms with E-state index in [1.807, 2.05) is 25.1 Å². The number of benzene rings is 1. The van der Waals surface area contributed by atoms with Crippen molar-refractivity contribution in [2.75, 3.05) is 18.5 Å². The van der Waals surface area contributed by atoms with Crippen molar-refractivity contribution in [3.63, 3.8) is 0 Å². The molecule has 0 unspecified atom stereocenters. The SMILES string of the molecule is CCc1cccc(C)c1NC(=O)NCC1(CO)CC1. The first-order valence-corrected chi connectivity index (χ1v) is 6.84. The summed E-state index contributed by atoms with van der Waals surface area (Å²) >= 11 is 0. The van der Waals surface area contributed by atoms with Crippen LogP contribution in [0.3, 0.4) is 0 Å². The van der Waals surface area contributed by atoms with Gasteiger partial charge >= 0.3 is 6.03 Å². The summed E-state index contributed by atoms with van der Waals surface area (Å²) in [7, 11) is 0. The van der Waals surface area contributed by atoms with Gasteiger partial charge in [0.25, 0.3) is 0 Å². The number of carbonyl (C=O) groups is 1. The number of urea groups is 1. The molecule has 0 atom stereocenters. The fourth-order valence-electron chi connectivity index (χ4n) is 2.20. The number of amides is 2. The van der Waals surface area contributed by atoms with E-state index in [0.717, 1.165) is 36.1 Å². The van der Waals surface area contributed by atoms with E-state index < -0.39 is 0 Å². The molecule has 1 aliphatic carbocycles. The van der Waals surface area contributed by atoms with Gasteiger partial charge in [0.2, 0.25) is 0 Å². The van der Waals surface area contributed by atoms with Crippen LogP contribution in [0.25, 0.3) is 0 Å². The Kier molecular flexibility index (Phi) is 4.10. The van der Waals surface area contributed by atoms with Crippen molar-refractivity contribution in [1.82, 2.24) is 5.32 Å². The molecule has 1 saturated carbocycles. The molecule has 0 saturated heterocycles. The lowest BCUT2D eigenvalue weighted by Crippen LogP contribution is -2.35. The van der Waals surface area contributed by atoms with Crippen molar-refractivity contribution in [2.24, 2.45) is 5.41 Å². The summed E-state index contributed by atoms with van der Waals surface area (Å²) in [5, 5.41) is 15.0. The van der Waals surface area contributed by atoms with Gasteiger partial charge in [0.1, 0.15) is 0 Å². The highest BCUT2D eigenvalue weighted by Crippen LogP contribution is 2.44. The Labute approximate surface area is 114 Å². The molecule has 19 heavy (non-hydrogen) atoms. The lowest BCUT2D eigenvalue weighted by atomic mass is 10.1. The van der Waals surface area contributed by atoms with E-state index in [0.29, 0.717) is 6.54 Å². The molecule has 0 spiro atoms. The van der Waals surface area contributed by atoms with Gasteiger partial charge in [-0.2, -0.15) is 0 Å². The van der Waals surface area contributed by atoms with Crippen LogP contribution in [-0.4, -0.2) is 24.3 Å². The average molecular weight is 262 g/mol. The number of hydrogen-bond acceptors (Lipinski definition) is 2. The van der Waals surface area contributed by atoms with Crippen molar-refractivity contribution in [3.05, 3.63) is 29.3 Å². The largest absolute Gasteiger partial charge is 0.396 e. The van der Waals surface area contributed by atoms with E-state index in [1.54, 1.807) is 0 Å². The zero-order chi connectivity index (χ0) is 13.9. The third-order valence-electron chi connectivity index (χ3n) is 3.89. The maximum atomic E-state index is 11.9. The fourth-order valence-corrected chi connectivity index (χ4v) is 2.20. The minimum absolute atomic E-state index is 0.0589. The van der Waals surface area contributed by atoms with Gasteiger partial charge in [0.05, 0.1) is 6.61 Å². The Morgan fingerprint density at radius 2 is 2.16 bits per heavy atom. The van der Waals surface area contributed by atoms with Crippen LogP contribution >= 0.6 is 0 Å². The Bertz CT molecular complexity index is 467. The topological polar surface area (TPSA) is 61.4 Å². The summed E-state index contributed by atoms with van der Waals surface area (Å²) < 4.78 is 0. The lowest BCUT2D eigenvalue weighted by Gasteiger charge is -2.16. The summed E-state index contributed by atoms with van der Waals surface area (Å²) in [4.78, 5) is 11.9. The molecule has 0 aromatic heterocycles. The highest BCUT2D eigenvalue weighted by atomic mass is 16.3. The molecule has 0 heterocycles. The van der Waals surface area contributed by atoms with Gasteiger partial charge in [0, 0.05) is 17.6 Å². The highest BCUT2D eigenvalue weighted by molar-refractivity contribution is 5.91. The van der Waals surface area contributed by atoms with Gasteiger partial charge in [-0.05, 0) is 37.3 Å². The molecule has 2 rings (SSSR count). The summed E-state index contributed by atoms with van der Waals surface area (Å²) in [6.45, 7) is 4.76. The molecule has 0 bridgehead atoms. The Balaban J connectivity index is 1.95. The smallest absolute Gasteiger partial charge is 0.319 e. The van der Waals surface area contributed by atoms with Crippen LogP contribution in [-0.2, 0) is 6.42 Å². The second-order valence-corrected chi connectivity index (χ2v) is 5.43.